The lowest BCUT2D eigenvalue weighted by atomic mass is 10.1. The van der Waals surface area contributed by atoms with Crippen molar-refractivity contribution in [1.29, 1.82) is 0 Å². The van der Waals surface area contributed by atoms with Crippen molar-refractivity contribution < 1.29 is 18.0 Å². The molecule has 0 radical (unpaired) electrons. The Morgan fingerprint density at radius 3 is 2.55 bits per heavy atom. The van der Waals surface area contributed by atoms with Crippen molar-refractivity contribution in [3.63, 3.8) is 0 Å². The molecule has 7 nitrogen and oxygen atoms in total. The molecule has 3 rings (SSSR count). The van der Waals surface area contributed by atoms with Gasteiger partial charge in [0.05, 0.1) is 17.7 Å². The number of carbonyl (C=O) groups is 1. The first-order valence-electron chi connectivity index (χ1n) is 9.25. The normalized spacial score (nSPS) is 11.3. The number of halogens is 3. The summed E-state index contributed by atoms with van der Waals surface area (Å²) in [5.41, 5.74) is -0.581. The van der Waals surface area contributed by atoms with Crippen LogP contribution in [0.1, 0.15) is 16.8 Å². The number of H-pyrrole nitrogens is 1. The first-order valence-corrected chi connectivity index (χ1v) is 9.25. The Morgan fingerprint density at radius 2 is 1.97 bits per heavy atom. The molecule has 2 heterocycles. The van der Waals surface area contributed by atoms with Crippen molar-refractivity contribution in [1.82, 2.24) is 15.0 Å². The van der Waals surface area contributed by atoms with Crippen LogP contribution < -0.4 is 15.8 Å². The standard InChI is InChI=1S/C21H20F3N5O2/c1-12-15(20(31)28-19(26-12)13-5-4-8-25-11-13)10-18(30)27-17-7-6-14(29(2)3)9-16(17)21(22,23)24/h4-9,11H,10H2,1-3H3,(H,27,30)(H,26,28,31). The summed E-state index contributed by atoms with van der Waals surface area (Å²) in [4.78, 5) is 37.3. The van der Waals surface area contributed by atoms with Crippen LogP contribution >= 0.6 is 0 Å². The third-order valence-electron chi connectivity index (χ3n) is 4.59. The van der Waals surface area contributed by atoms with E-state index in [4.69, 9.17) is 0 Å². The van der Waals surface area contributed by atoms with E-state index in [2.05, 4.69) is 20.3 Å². The van der Waals surface area contributed by atoms with Gasteiger partial charge in [0.1, 0.15) is 5.82 Å². The number of aryl methyl sites for hydroxylation is 1. The molecule has 0 aliphatic carbocycles. The van der Waals surface area contributed by atoms with Crippen molar-refractivity contribution in [2.75, 3.05) is 24.3 Å². The lowest BCUT2D eigenvalue weighted by Gasteiger charge is -2.18. The van der Waals surface area contributed by atoms with E-state index in [-0.39, 0.29) is 11.3 Å². The molecule has 0 bridgehead atoms. The van der Waals surface area contributed by atoms with Crippen LogP contribution in [0.25, 0.3) is 11.4 Å². The molecule has 0 aliphatic heterocycles. The van der Waals surface area contributed by atoms with E-state index < -0.39 is 29.6 Å². The number of rotatable bonds is 5. The van der Waals surface area contributed by atoms with Crippen molar-refractivity contribution in [2.24, 2.45) is 0 Å². The minimum absolute atomic E-state index is 0.0728. The minimum atomic E-state index is -4.66. The minimum Gasteiger partial charge on any atom is -0.378 e. The number of nitrogens with one attached hydrogen (secondary N) is 2. The van der Waals surface area contributed by atoms with Gasteiger partial charge < -0.3 is 15.2 Å². The molecular weight excluding hydrogens is 411 g/mol. The maximum absolute atomic E-state index is 13.5. The van der Waals surface area contributed by atoms with Crippen LogP contribution in [-0.2, 0) is 17.4 Å². The number of hydrogen-bond acceptors (Lipinski definition) is 5. The zero-order chi connectivity index (χ0) is 22.8. The highest BCUT2D eigenvalue weighted by Crippen LogP contribution is 2.37. The van der Waals surface area contributed by atoms with E-state index in [9.17, 15) is 22.8 Å². The van der Waals surface area contributed by atoms with Gasteiger partial charge in [0.25, 0.3) is 5.56 Å². The second-order valence-electron chi connectivity index (χ2n) is 7.07. The zero-order valence-corrected chi connectivity index (χ0v) is 17.0. The Morgan fingerprint density at radius 1 is 1.23 bits per heavy atom. The highest BCUT2D eigenvalue weighted by molar-refractivity contribution is 5.93. The number of amides is 1. The predicted molar refractivity (Wildman–Crippen MR) is 111 cm³/mol. The Hall–Kier alpha value is -3.69. The van der Waals surface area contributed by atoms with Crippen LogP contribution in [0.15, 0.2) is 47.5 Å². The fourth-order valence-corrected chi connectivity index (χ4v) is 2.97. The average molecular weight is 431 g/mol. The number of nitrogens with zero attached hydrogens (tertiary/aromatic N) is 3. The maximum Gasteiger partial charge on any atom is 0.418 e. The van der Waals surface area contributed by atoms with Gasteiger partial charge in [-0.15, -0.1) is 0 Å². The summed E-state index contributed by atoms with van der Waals surface area (Å²) in [5, 5.41) is 2.26. The van der Waals surface area contributed by atoms with Crippen molar-refractivity contribution in [3.8, 4) is 11.4 Å². The first kappa shape index (κ1) is 22.0. The quantitative estimate of drug-likeness (QED) is 0.646. The summed E-state index contributed by atoms with van der Waals surface area (Å²) in [5.74, 6) is -0.467. The average Bonchev–Trinajstić information content (AvgIpc) is 2.70. The molecule has 0 atom stereocenters. The van der Waals surface area contributed by atoms with Crippen LogP contribution in [0.2, 0.25) is 0 Å². The number of pyridine rings is 1. The number of alkyl halides is 3. The molecular formula is C21H20F3N5O2. The van der Waals surface area contributed by atoms with Gasteiger partial charge in [0.2, 0.25) is 5.91 Å². The summed E-state index contributed by atoms with van der Waals surface area (Å²) < 4.78 is 40.4. The van der Waals surface area contributed by atoms with Gasteiger partial charge in [0, 0.05) is 49.0 Å². The monoisotopic (exact) mass is 431 g/mol. The number of aromatic amines is 1. The Kier molecular flexibility index (Phi) is 6.09. The molecule has 31 heavy (non-hydrogen) atoms. The molecule has 0 saturated carbocycles. The van der Waals surface area contributed by atoms with Crippen molar-refractivity contribution in [3.05, 3.63) is 69.9 Å². The van der Waals surface area contributed by atoms with Crippen LogP contribution in [0, 0.1) is 6.92 Å². The smallest absolute Gasteiger partial charge is 0.378 e. The van der Waals surface area contributed by atoms with Crippen molar-refractivity contribution >= 4 is 17.3 Å². The molecule has 1 aromatic carbocycles. The fourth-order valence-electron chi connectivity index (χ4n) is 2.97. The SMILES string of the molecule is Cc1nc(-c2cccnc2)[nH]c(=O)c1CC(=O)Nc1ccc(N(C)C)cc1C(F)(F)F. The van der Waals surface area contributed by atoms with E-state index in [1.807, 2.05) is 0 Å². The molecule has 0 spiro atoms. The van der Waals surface area contributed by atoms with Gasteiger partial charge in [-0.25, -0.2) is 4.98 Å². The largest absolute Gasteiger partial charge is 0.418 e. The highest BCUT2D eigenvalue weighted by Gasteiger charge is 2.34. The first-order chi connectivity index (χ1) is 14.6. The second kappa shape index (κ2) is 8.58. The van der Waals surface area contributed by atoms with Crippen LogP contribution in [-0.4, -0.2) is 35.0 Å². The van der Waals surface area contributed by atoms with E-state index in [0.29, 0.717) is 22.8 Å². The zero-order valence-electron chi connectivity index (χ0n) is 17.0. The predicted octanol–water partition coefficient (Wildman–Crippen LogP) is 3.41. The maximum atomic E-state index is 13.5. The lowest BCUT2D eigenvalue weighted by Crippen LogP contribution is -2.25. The topological polar surface area (TPSA) is 91.0 Å². The molecule has 1 amide bonds. The molecule has 162 valence electrons. The van der Waals surface area contributed by atoms with Gasteiger partial charge in [-0.05, 0) is 37.3 Å². The Bertz CT molecular complexity index is 1160. The fraction of sp³-hybridized carbons (Fsp3) is 0.238. The van der Waals surface area contributed by atoms with Gasteiger partial charge in [-0.2, -0.15) is 13.2 Å². The van der Waals surface area contributed by atoms with E-state index >= 15 is 0 Å². The van der Waals surface area contributed by atoms with Crippen LogP contribution in [0.3, 0.4) is 0 Å². The summed E-state index contributed by atoms with van der Waals surface area (Å²) in [6.07, 6.45) is -1.98. The third-order valence-corrected chi connectivity index (χ3v) is 4.59. The molecule has 2 N–H and O–H groups in total. The highest BCUT2D eigenvalue weighted by atomic mass is 19.4. The second-order valence-corrected chi connectivity index (χ2v) is 7.07. The molecule has 10 heteroatoms. The van der Waals surface area contributed by atoms with Gasteiger partial charge in [-0.3, -0.25) is 14.6 Å². The summed E-state index contributed by atoms with van der Waals surface area (Å²) >= 11 is 0. The lowest BCUT2D eigenvalue weighted by molar-refractivity contribution is -0.136. The molecule has 0 fully saturated rings. The van der Waals surface area contributed by atoms with Gasteiger partial charge >= 0.3 is 6.18 Å². The number of hydrogen-bond donors (Lipinski definition) is 2. The number of anilines is 2. The number of aromatic nitrogens is 3. The van der Waals surface area contributed by atoms with Crippen LogP contribution in [0.4, 0.5) is 24.5 Å². The van der Waals surface area contributed by atoms with Crippen molar-refractivity contribution in [2.45, 2.75) is 19.5 Å². The third kappa shape index (κ3) is 5.08. The summed E-state index contributed by atoms with van der Waals surface area (Å²) in [6, 6.07) is 7.01. The van der Waals surface area contributed by atoms with Gasteiger partial charge in [-0.1, -0.05) is 0 Å². The van der Waals surface area contributed by atoms with E-state index in [1.54, 1.807) is 39.3 Å². The van der Waals surface area contributed by atoms with E-state index in [1.165, 1.54) is 23.2 Å². The molecule has 0 unspecified atom stereocenters. The van der Waals surface area contributed by atoms with E-state index in [0.717, 1.165) is 6.07 Å². The van der Waals surface area contributed by atoms with Gasteiger partial charge in [0.15, 0.2) is 0 Å². The Labute approximate surface area is 176 Å². The summed E-state index contributed by atoms with van der Waals surface area (Å²) in [7, 11) is 3.23. The number of benzene rings is 1. The Balaban J connectivity index is 1.86. The summed E-state index contributed by atoms with van der Waals surface area (Å²) in [6.45, 7) is 1.56. The molecule has 3 aromatic rings. The molecule has 0 saturated heterocycles. The molecule has 0 aliphatic rings. The molecule has 2 aromatic heterocycles. The number of carbonyl (C=O) groups excluding carboxylic acids is 1. The van der Waals surface area contributed by atoms with Crippen LogP contribution in [0.5, 0.6) is 0 Å².